The molecule has 8 aromatic rings. The highest BCUT2D eigenvalue weighted by Gasteiger charge is 2.18. The molecule has 0 N–H and O–H groups in total. The predicted octanol–water partition coefficient (Wildman–Crippen LogP) is 10.2. The quantitative estimate of drug-likeness (QED) is 0.214. The molecule has 2 heterocycles. The van der Waals surface area contributed by atoms with Crippen LogP contribution in [-0.4, -0.2) is 14.5 Å². The van der Waals surface area contributed by atoms with Crippen LogP contribution in [0.1, 0.15) is 0 Å². The largest absolute Gasteiger partial charge is 0.278 e. The van der Waals surface area contributed by atoms with Crippen LogP contribution in [0, 0.1) is 0 Å². The van der Waals surface area contributed by atoms with Gasteiger partial charge in [0.05, 0.1) is 22.4 Å². The first-order valence-corrected chi connectivity index (χ1v) is 14.5. The minimum absolute atomic E-state index is 0.651. The summed E-state index contributed by atoms with van der Waals surface area (Å²) in [6, 6.07) is 57.3. The highest BCUT2D eigenvalue weighted by atomic mass is 15.2. The second-order valence-corrected chi connectivity index (χ2v) is 10.7. The van der Waals surface area contributed by atoms with Crippen LogP contribution in [0.15, 0.2) is 164 Å². The van der Waals surface area contributed by atoms with Gasteiger partial charge in [-0.25, -0.2) is 9.97 Å². The van der Waals surface area contributed by atoms with E-state index in [-0.39, 0.29) is 0 Å². The molecule has 2 aromatic heterocycles. The fraction of sp³-hybridized carbons (Fsp3) is 0. The number of hydrogen-bond acceptors (Lipinski definition) is 2. The van der Waals surface area contributed by atoms with Gasteiger partial charge in [-0.2, -0.15) is 0 Å². The van der Waals surface area contributed by atoms with E-state index in [9.17, 15) is 0 Å². The number of rotatable bonds is 5. The lowest BCUT2D eigenvalue weighted by atomic mass is 10.0. The molecule has 0 fully saturated rings. The van der Waals surface area contributed by atoms with Gasteiger partial charge in [0.15, 0.2) is 0 Å². The number of nitrogens with zero attached hydrogens (tertiary/aromatic N) is 3. The van der Waals surface area contributed by atoms with Crippen LogP contribution in [-0.2, 0) is 0 Å². The molecular formula is C40H27N3. The summed E-state index contributed by atoms with van der Waals surface area (Å²) in [6.07, 6.45) is 0. The average Bonchev–Trinajstić information content (AvgIpc) is 3.42. The zero-order valence-electron chi connectivity index (χ0n) is 23.4. The van der Waals surface area contributed by atoms with Crippen molar-refractivity contribution in [3.05, 3.63) is 164 Å². The zero-order chi connectivity index (χ0) is 28.6. The minimum Gasteiger partial charge on any atom is -0.278 e. The normalized spacial score (nSPS) is 11.3. The standard InChI is InChI=1S/C40H27N3/c1-5-13-28(14-6-1)32-22-24-38-35(25-32)34-23-21-33(29-15-7-2-8-16-29)26-39(34)43(38)40-41-36(30-17-9-3-10-18-30)27-37(42-40)31-19-11-4-12-20-31/h1-27H. The molecule has 0 amide bonds. The van der Waals surface area contributed by atoms with Crippen LogP contribution in [0.3, 0.4) is 0 Å². The predicted molar refractivity (Wildman–Crippen MR) is 178 cm³/mol. The molecule has 0 aliphatic rings. The molecule has 0 saturated heterocycles. The Labute approximate surface area is 250 Å². The maximum Gasteiger partial charge on any atom is 0.235 e. The number of aromatic nitrogens is 3. The summed E-state index contributed by atoms with van der Waals surface area (Å²) in [5, 5.41) is 2.34. The lowest BCUT2D eigenvalue weighted by Gasteiger charge is -2.12. The van der Waals surface area contributed by atoms with Crippen LogP contribution in [0.5, 0.6) is 0 Å². The highest BCUT2D eigenvalue weighted by molar-refractivity contribution is 6.11. The maximum atomic E-state index is 5.21. The fourth-order valence-electron chi connectivity index (χ4n) is 5.90. The second kappa shape index (κ2) is 10.6. The Kier molecular flexibility index (Phi) is 6.12. The topological polar surface area (TPSA) is 30.7 Å². The third-order valence-corrected chi connectivity index (χ3v) is 8.03. The van der Waals surface area contributed by atoms with Gasteiger partial charge in [0.2, 0.25) is 5.95 Å². The SMILES string of the molecule is c1ccc(-c2ccc3c(c2)c2ccc(-c4ccccc4)cc2n3-c2nc(-c3ccccc3)cc(-c3ccccc3)n2)cc1. The van der Waals surface area contributed by atoms with E-state index in [0.29, 0.717) is 5.95 Å². The van der Waals surface area contributed by atoms with Gasteiger partial charge in [0.25, 0.3) is 0 Å². The van der Waals surface area contributed by atoms with E-state index in [1.807, 2.05) is 12.1 Å². The van der Waals surface area contributed by atoms with Crippen molar-refractivity contribution in [2.24, 2.45) is 0 Å². The highest BCUT2D eigenvalue weighted by Crippen LogP contribution is 2.37. The molecule has 0 saturated carbocycles. The summed E-state index contributed by atoms with van der Waals surface area (Å²) < 4.78 is 2.23. The summed E-state index contributed by atoms with van der Waals surface area (Å²) in [4.78, 5) is 10.4. The van der Waals surface area contributed by atoms with E-state index >= 15 is 0 Å². The molecule has 202 valence electrons. The lowest BCUT2D eigenvalue weighted by molar-refractivity contribution is 0.996. The lowest BCUT2D eigenvalue weighted by Crippen LogP contribution is -2.04. The number of fused-ring (bicyclic) bond motifs is 3. The van der Waals surface area contributed by atoms with Crippen molar-refractivity contribution in [1.82, 2.24) is 14.5 Å². The molecule has 0 radical (unpaired) electrons. The average molecular weight is 550 g/mol. The summed E-state index contributed by atoms with van der Waals surface area (Å²) >= 11 is 0. The van der Waals surface area contributed by atoms with E-state index in [1.54, 1.807) is 0 Å². The molecule has 43 heavy (non-hydrogen) atoms. The van der Waals surface area contributed by atoms with Crippen LogP contribution >= 0.6 is 0 Å². The molecule has 0 aliphatic carbocycles. The molecule has 0 spiro atoms. The molecule has 3 nitrogen and oxygen atoms in total. The molecule has 0 unspecified atom stereocenters. The molecule has 0 aliphatic heterocycles. The van der Waals surface area contributed by atoms with Crippen LogP contribution in [0.4, 0.5) is 0 Å². The van der Waals surface area contributed by atoms with Gasteiger partial charge in [-0.1, -0.05) is 140 Å². The molecule has 3 heteroatoms. The van der Waals surface area contributed by atoms with E-state index in [4.69, 9.17) is 9.97 Å². The Morgan fingerprint density at radius 2 is 0.791 bits per heavy atom. The molecule has 8 rings (SSSR count). The van der Waals surface area contributed by atoms with Crippen LogP contribution in [0.2, 0.25) is 0 Å². The van der Waals surface area contributed by atoms with Crippen molar-refractivity contribution in [3.8, 4) is 50.7 Å². The summed E-state index contributed by atoms with van der Waals surface area (Å²) in [5.74, 6) is 0.651. The Morgan fingerprint density at radius 1 is 0.326 bits per heavy atom. The zero-order valence-corrected chi connectivity index (χ0v) is 23.4. The number of benzene rings is 6. The summed E-state index contributed by atoms with van der Waals surface area (Å²) in [5.41, 5.74) is 10.7. The van der Waals surface area contributed by atoms with Crippen molar-refractivity contribution in [3.63, 3.8) is 0 Å². The first-order chi connectivity index (χ1) is 21.3. The Hall–Kier alpha value is -5.80. The molecular weight excluding hydrogens is 522 g/mol. The minimum atomic E-state index is 0.651. The third kappa shape index (κ3) is 4.58. The Balaban J connectivity index is 1.44. The van der Waals surface area contributed by atoms with Gasteiger partial charge in [0.1, 0.15) is 0 Å². The smallest absolute Gasteiger partial charge is 0.235 e. The molecule has 0 bridgehead atoms. The Bertz CT molecular complexity index is 2140. The van der Waals surface area contributed by atoms with Crippen LogP contribution in [0.25, 0.3) is 72.5 Å². The number of hydrogen-bond donors (Lipinski definition) is 0. The van der Waals surface area contributed by atoms with Gasteiger partial charge >= 0.3 is 0 Å². The van der Waals surface area contributed by atoms with Gasteiger partial charge in [-0.15, -0.1) is 0 Å². The van der Waals surface area contributed by atoms with Crippen molar-refractivity contribution in [1.29, 1.82) is 0 Å². The van der Waals surface area contributed by atoms with Gasteiger partial charge in [0, 0.05) is 21.9 Å². The monoisotopic (exact) mass is 549 g/mol. The maximum absolute atomic E-state index is 5.21. The van der Waals surface area contributed by atoms with Crippen LogP contribution < -0.4 is 0 Å². The fourth-order valence-corrected chi connectivity index (χ4v) is 5.90. The Morgan fingerprint density at radius 3 is 1.33 bits per heavy atom. The van der Waals surface area contributed by atoms with Crippen molar-refractivity contribution in [2.45, 2.75) is 0 Å². The van der Waals surface area contributed by atoms with Gasteiger partial charge in [-0.05, 0) is 46.5 Å². The van der Waals surface area contributed by atoms with E-state index in [1.165, 1.54) is 27.5 Å². The summed E-state index contributed by atoms with van der Waals surface area (Å²) in [6.45, 7) is 0. The van der Waals surface area contributed by atoms with Crippen molar-refractivity contribution < 1.29 is 0 Å². The molecule has 0 atom stereocenters. The van der Waals surface area contributed by atoms with Crippen molar-refractivity contribution >= 4 is 21.8 Å². The molecule has 6 aromatic carbocycles. The van der Waals surface area contributed by atoms with E-state index in [0.717, 1.165) is 39.1 Å². The summed E-state index contributed by atoms with van der Waals surface area (Å²) in [7, 11) is 0. The van der Waals surface area contributed by atoms with Gasteiger partial charge < -0.3 is 0 Å². The van der Waals surface area contributed by atoms with Crippen molar-refractivity contribution in [2.75, 3.05) is 0 Å². The van der Waals surface area contributed by atoms with E-state index in [2.05, 4.69) is 156 Å². The second-order valence-electron chi connectivity index (χ2n) is 10.7. The third-order valence-electron chi connectivity index (χ3n) is 8.03. The van der Waals surface area contributed by atoms with E-state index < -0.39 is 0 Å². The van der Waals surface area contributed by atoms with Gasteiger partial charge in [-0.3, -0.25) is 4.57 Å². The first kappa shape index (κ1) is 25.0. The first-order valence-electron chi connectivity index (χ1n) is 14.5.